The number of rotatable bonds is 4. The zero-order chi connectivity index (χ0) is 18.4. The van der Waals surface area contributed by atoms with Crippen LogP contribution < -0.4 is 0 Å². The average molecular weight is 347 g/mol. The minimum absolute atomic E-state index is 0.218. The molecular weight excluding hydrogens is 318 g/mol. The van der Waals surface area contributed by atoms with Gasteiger partial charge in [-0.15, -0.1) is 0 Å². The van der Waals surface area contributed by atoms with E-state index < -0.39 is 5.60 Å². The largest absolute Gasteiger partial charge is 0.462 e. The molecule has 138 valence electrons. The number of carbonyl (C=O) groups is 2. The van der Waals surface area contributed by atoms with E-state index in [0.29, 0.717) is 18.1 Å². The summed E-state index contributed by atoms with van der Waals surface area (Å²) in [6.07, 6.45) is 2.69. The average Bonchev–Trinajstić information content (AvgIpc) is 2.55. The predicted octanol–water partition coefficient (Wildman–Crippen LogP) is 4.05. The van der Waals surface area contributed by atoms with Gasteiger partial charge in [-0.05, 0) is 70.6 Å². The number of amides is 1. The van der Waals surface area contributed by atoms with E-state index in [9.17, 15) is 9.59 Å². The molecule has 0 saturated carbocycles. The van der Waals surface area contributed by atoms with E-state index in [2.05, 4.69) is 0 Å². The predicted molar refractivity (Wildman–Crippen MR) is 96.6 cm³/mol. The Labute approximate surface area is 150 Å². The molecule has 1 fully saturated rings. The first-order valence-electron chi connectivity index (χ1n) is 9.02. The Morgan fingerprint density at radius 3 is 2.24 bits per heavy atom. The Hall–Kier alpha value is -2.04. The highest BCUT2D eigenvalue weighted by Gasteiger charge is 2.26. The Morgan fingerprint density at radius 1 is 1.12 bits per heavy atom. The molecule has 0 aliphatic carbocycles. The van der Waals surface area contributed by atoms with Gasteiger partial charge in [-0.1, -0.05) is 12.1 Å². The van der Waals surface area contributed by atoms with Gasteiger partial charge >= 0.3 is 12.1 Å². The highest BCUT2D eigenvalue weighted by molar-refractivity contribution is 5.89. The van der Waals surface area contributed by atoms with E-state index in [1.54, 1.807) is 11.8 Å². The lowest BCUT2D eigenvalue weighted by Crippen LogP contribution is -2.42. The molecule has 0 atom stereocenters. The molecule has 0 aromatic heterocycles. The first kappa shape index (κ1) is 19.3. The summed E-state index contributed by atoms with van der Waals surface area (Å²) in [5.74, 6) is 0.270. The van der Waals surface area contributed by atoms with Crippen molar-refractivity contribution >= 4 is 12.1 Å². The molecule has 0 spiro atoms. The summed E-state index contributed by atoms with van der Waals surface area (Å²) < 4.78 is 10.4. The number of nitrogens with zero attached hydrogens (tertiary/aromatic N) is 1. The van der Waals surface area contributed by atoms with E-state index in [-0.39, 0.29) is 12.1 Å². The van der Waals surface area contributed by atoms with E-state index in [0.717, 1.165) is 32.4 Å². The van der Waals surface area contributed by atoms with E-state index in [1.807, 2.05) is 45.0 Å². The van der Waals surface area contributed by atoms with Crippen molar-refractivity contribution in [2.45, 2.75) is 52.6 Å². The fourth-order valence-electron chi connectivity index (χ4n) is 2.97. The molecule has 0 radical (unpaired) electrons. The normalized spacial score (nSPS) is 15.8. The third kappa shape index (κ3) is 6.07. The van der Waals surface area contributed by atoms with Crippen molar-refractivity contribution in [3.05, 3.63) is 35.4 Å². The van der Waals surface area contributed by atoms with Crippen LogP contribution in [-0.4, -0.2) is 42.3 Å². The molecule has 1 aliphatic rings. The number of hydrogen-bond donors (Lipinski definition) is 0. The number of carbonyl (C=O) groups excluding carboxylic acids is 2. The van der Waals surface area contributed by atoms with Crippen molar-refractivity contribution in [3.8, 4) is 0 Å². The smallest absolute Gasteiger partial charge is 0.410 e. The van der Waals surface area contributed by atoms with Crippen molar-refractivity contribution in [1.29, 1.82) is 0 Å². The summed E-state index contributed by atoms with van der Waals surface area (Å²) in [5, 5.41) is 0. The second-order valence-electron chi connectivity index (χ2n) is 7.53. The lowest BCUT2D eigenvalue weighted by Gasteiger charge is -2.33. The maximum absolute atomic E-state index is 12.1. The van der Waals surface area contributed by atoms with Crippen LogP contribution in [0.3, 0.4) is 0 Å². The third-order valence-corrected chi connectivity index (χ3v) is 4.26. The van der Waals surface area contributed by atoms with Crippen LogP contribution in [0.5, 0.6) is 0 Å². The van der Waals surface area contributed by atoms with Gasteiger partial charge in [0.2, 0.25) is 0 Å². The first-order valence-corrected chi connectivity index (χ1v) is 9.02. The van der Waals surface area contributed by atoms with E-state index in [1.165, 1.54) is 5.56 Å². The Kier molecular flexibility index (Phi) is 6.45. The van der Waals surface area contributed by atoms with Crippen LogP contribution in [0.2, 0.25) is 0 Å². The van der Waals surface area contributed by atoms with Gasteiger partial charge in [0.15, 0.2) is 0 Å². The quantitative estimate of drug-likeness (QED) is 0.771. The van der Waals surface area contributed by atoms with Gasteiger partial charge in [-0.3, -0.25) is 0 Å². The fourth-order valence-corrected chi connectivity index (χ4v) is 2.97. The molecule has 0 bridgehead atoms. The Morgan fingerprint density at radius 2 is 1.72 bits per heavy atom. The van der Waals surface area contributed by atoms with Crippen LogP contribution in [0, 0.1) is 5.92 Å². The molecule has 25 heavy (non-hydrogen) atoms. The number of ether oxygens (including phenoxy) is 2. The van der Waals surface area contributed by atoms with Crippen molar-refractivity contribution < 1.29 is 19.1 Å². The van der Waals surface area contributed by atoms with Crippen LogP contribution in [0.1, 0.15) is 56.5 Å². The van der Waals surface area contributed by atoms with Gasteiger partial charge < -0.3 is 14.4 Å². The number of likely N-dealkylation sites (tertiary alicyclic amines) is 1. The van der Waals surface area contributed by atoms with Crippen molar-refractivity contribution in [1.82, 2.24) is 4.90 Å². The number of esters is 1. The Bertz CT molecular complexity index is 581. The molecule has 1 aromatic carbocycles. The van der Waals surface area contributed by atoms with Gasteiger partial charge in [-0.2, -0.15) is 0 Å². The van der Waals surface area contributed by atoms with Gasteiger partial charge in [0, 0.05) is 13.1 Å². The minimum Gasteiger partial charge on any atom is -0.462 e. The van der Waals surface area contributed by atoms with E-state index >= 15 is 0 Å². The minimum atomic E-state index is -0.450. The summed E-state index contributed by atoms with van der Waals surface area (Å²) >= 11 is 0. The number of benzene rings is 1. The standard InChI is InChI=1S/C20H29NO4/c1-5-24-18(22)17-8-6-15(7-9-17)14-16-10-12-21(13-11-16)19(23)25-20(2,3)4/h6-9,16H,5,10-14H2,1-4H3. The number of piperidine rings is 1. The van der Waals surface area contributed by atoms with E-state index in [4.69, 9.17) is 9.47 Å². The van der Waals surface area contributed by atoms with Crippen LogP contribution in [0.25, 0.3) is 0 Å². The maximum Gasteiger partial charge on any atom is 0.410 e. The molecule has 1 amide bonds. The molecule has 5 nitrogen and oxygen atoms in total. The second kappa shape index (κ2) is 8.37. The molecule has 5 heteroatoms. The molecule has 2 rings (SSSR count). The molecule has 0 unspecified atom stereocenters. The molecule has 0 N–H and O–H groups in total. The van der Waals surface area contributed by atoms with Crippen LogP contribution in [0.4, 0.5) is 4.79 Å². The van der Waals surface area contributed by atoms with Crippen molar-refractivity contribution in [2.75, 3.05) is 19.7 Å². The second-order valence-corrected chi connectivity index (χ2v) is 7.53. The molecule has 1 saturated heterocycles. The van der Waals surface area contributed by atoms with Crippen molar-refractivity contribution in [3.63, 3.8) is 0 Å². The van der Waals surface area contributed by atoms with Crippen molar-refractivity contribution in [2.24, 2.45) is 5.92 Å². The van der Waals surface area contributed by atoms with Gasteiger partial charge in [0.25, 0.3) is 0 Å². The Balaban J connectivity index is 1.82. The summed E-state index contributed by atoms with van der Waals surface area (Å²) in [5.41, 5.74) is 1.35. The lowest BCUT2D eigenvalue weighted by molar-refractivity contribution is 0.0184. The topological polar surface area (TPSA) is 55.8 Å². The summed E-state index contributed by atoms with van der Waals surface area (Å²) in [6.45, 7) is 9.32. The summed E-state index contributed by atoms with van der Waals surface area (Å²) in [7, 11) is 0. The molecule has 1 aromatic rings. The molecular formula is C20H29NO4. The first-order chi connectivity index (χ1) is 11.8. The highest BCUT2D eigenvalue weighted by Crippen LogP contribution is 2.23. The van der Waals surface area contributed by atoms with Gasteiger partial charge in [0.05, 0.1) is 12.2 Å². The van der Waals surface area contributed by atoms with Crippen LogP contribution in [-0.2, 0) is 15.9 Å². The maximum atomic E-state index is 12.1. The number of hydrogen-bond acceptors (Lipinski definition) is 4. The van der Waals surface area contributed by atoms with Crippen LogP contribution >= 0.6 is 0 Å². The van der Waals surface area contributed by atoms with Gasteiger partial charge in [0.1, 0.15) is 5.60 Å². The zero-order valence-electron chi connectivity index (χ0n) is 15.7. The third-order valence-electron chi connectivity index (χ3n) is 4.26. The summed E-state index contributed by atoms with van der Waals surface area (Å²) in [6, 6.07) is 7.63. The summed E-state index contributed by atoms with van der Waals surface area (Å²) in [4.78, 5) is 25.6. The van der Waals surface area contributed by atoms with Gasteiger partial charge in [-0.25, -0.2) is 9.59 Å². The highest BCUT2D eigenvalue weighted by atomic mass is 16.6. The SMILES string of the molecule is CCOC(=O)c1ccc(CC2CCN(C(=O)OC(C)(C)C)CC2)cc1. The molecule has 1 heterocycles. The lowest BCUT2D eigenvalue weighted by atomic mass is 9.90. The zero-order valence-corrected chi connectivity index (χ0v) is 15.7. The fraction of sp³-hybridized carbons (Fsp3) is 0.600. The van der Waals surface area contributed by atoms with Crippen LogP contribution in [0.15, 0.2) is 24.3 Å². The monoisotopic (exact) mass is 347 g/mol. The molecule has 1 aliphatic heterocycles.